The van der Waals surface area contributed by atoms with E-state index < -0.39 is 0 Å². The Balaban J connectivity index is 1.55. The second kappa shape index (κ2) is 8.85. The highest BCUT2D eigenvalue weighted by molar-refractivity contribution is 7.22. The van der Waals surface area contributed by atoms with Gasteiger partial charge in [0.15, 0.2) is 0 Å². The highest BCUT2D eigenvalue weighted by atomic mass is 32.1. The van der Waals surface area contributed by atoms with Crippen LogP contribution in [0.3, 0.4) is 0 Å². The summed E-state index contributed by atoms with van der Waals surface area (Å²) in [5, 5.41) is 5.05. The fraction of sp³-hybridized carbons (Fsp3) is 0.265. The Labute approximate surface area is 223 Å². The van der Waals surface area contributed by atoms with E-state index in [1.807, 2.05) is 17.5 Å². The molecule has 0 atom stereocenters. The summed E-state index contributed by atoms with van der Waals surface area (Å²) in [6.45, 7) is 13.6. The van der Waals surface area contributed by atoms with Gasteiger partial charge in [-0.15, -0.1) is 11.3 Å². The third-order valence-electron chi connectivity index (χ3n) is 7.29. The molecule has 0 aliphatic carbocycles. The molecule has 0 radical (unpaired) electrons. The van der Waals surface area contributed by atoms with Gasteiger partial charge in [0.05, 0.1) is 10.4 Å². The van der Waals surface area contributed by atoms with E-state index in [0.717, 1.165) is 23.5 Å². The Kier molecular flexibility index (Phi) is 5.72. The summed E-state index contributed by atoms with van der Waals surface area (Å²) in [4.78, 5) is 6.18. The molecule has 0 spiro atoms. The van der Waals surface area contributed by atoms with Gasteiger partial charge in [-0.05, 0) is 75.9 Å². The number of nitrogens with zero attached hydrogens (tertiary/aromatic N) is 1. The maximum absolute atomic E-state index is 6.32. The summed E-state index contributed by atoms with van der Waals surface area (Å²) >= 11 is 1.83. The van der Waals surface area contributed by atoms with E-state index in [2.05, 4.69) is 108 Å². The van der Waals surface area contributed by atoms with Crippen LogP contribution in [0.4, 0.5) is 0 Å². The van der Waals surface area contributed by atoms with Gasteiger partial charge in [-0.25, -0.2) is 0 Å². The Hall–Kier alpha value is -3.43. The van der Waals surface area contributed by atoms with Gasteiger partial charge in [-0.2, -0.15) is 0 Å². The van der Waals surface area contributed by atoms with Crippen molar-refractivity contribution in [2.75, 3.05) is 0 Å². The molecule has 0 unspecified atom stereocenters. The summed E-state index contributed by atoms with van der Waals surface area (Å²) in [5.41, 5.74) is 7.11. The number of furan rings is 1. The van der Waals surface area contributed by atoms with Gasteiger partial charge < -0.3 is 4.42 Å². The van der Waals surface area contributed by atoms with Crippen LogP contribution >= 0.6 is 11.3 Å². The molecule has 6 aromatic rings. The van der Waals surface area contributed by atoms with Crippen LogP contribution in [0.25, 0.3) is 53.5 Å². The van der Waals surface area contributed by atoms with Crippen molar-refractivity contribution >= 4 is 43.2 Å². The van der Waals surface area contributed by atoms with Crippen molar-refractivity contribution < 1.29 is 4.42 Å². The molecule has 3 aromatic carbocycles. The molecule has 0 saturated heterocycles. The zero-order chi connectivity index (χ0) is 25.9. The highest BCUT2D eigenvalue weighted by Crippen LogP contribution is 2.43. The molecular formula is C34H33NOS. The fourth-order valence-corrected chi connectivity index (χ4v) is 6.69. The lowest BCUT2D eigenvalue weighted by atomic mass is 9.82. The number of hydrogen-bond donors (Lipinski definition) is 0. The van der Waals surface area contributed by atoms with Gasteiger partial charge in [0.2, 0.25) is 0 Å². The number of benzene rings is 3. The van der Waals surface area contributed by atoms with E-state index in [4.69, 9.17) is 9.40 Å². The van der Waals surface area contributed by atoms with Crippen LogP contribution in [0.2, 0.25) is 0 Å². The predicted octanol–water partition coefficient (Wildman–Crippen LogP) is 10.3. The smallest absolute Gasteiger partial charge is 0.135 e. The normalized spacial score (nSPS) is 12.4. The minimum absolute atomic E-state index is 0.0340. The Morgan fingerprint density at radius 2 is 1.73 bits per heavy atom. The van der Waals surface area contributed by atoms with E-state index in [1.165, 1.54) is 53.4 Å². The van der Waals surface area contributed by atoms with Gasteiger partial charge in [0, 0.05) is 34.0 Å². The number of aromatic nitrogens is 1. The molecule has 0 saturated carbocycles. The SMILES string of the molecule is Cc1c(CC(C)C)oc2cccc(-c3cc4ccnc(-c5cc(C(C)(C)C)c6ccccc6c5)c4s3)c12. The largest absolute Gasteiger partial charge is 0.461 e. The molecule has 3 heterocycles. The second-order valence-electron chi connectivity index (χ2n) is 11.6. The molecule has 186 valence electrons. The van der Waals surface area contributed by atoms with E-state index in [0.29, 0.717) is 5.92 Å². The van der Waals surface area contributed by atoms with Crippen molar-refractivity contribution in [2.45, 2.75) is 53.4 Å². The van der Waals surface area contributed by atoms with Gasteiger partial charge in [0.1, 0.15) is 11.3 Å². The van der Waals surface area contributed by atoms with E-state index >= 15 is 0 Å². The van der Waals surface area contributed by atoms with Crippen molar-refractivity contribution in [2.24, 2.45) is 5.92 Å². The molecule has 37 heavy (non-hydrogen) atoms. The average molecular weight is 504 g/mol. The minimum Gasteiger partial charge on any atom is -0.461 e. The summed E-state index contributed by atoms with van der Waals surface area (Å²) in [5.74, 6) is 1.66. The lowest BCUT2D eigenvalue weighted by molar-refractivity contribution is 0.496. The van der Waals surface area contributed by atoms with Crippen molar-refractivity contribution in [1.82, 2.24) is 4.98 Å². The molecule has 0 amide bonds. The number of pyridine rings is 1. The number of aryl methyl sites for hydroxylation is 1. The molecule has 0 fully saturated rings. The van der Waals surface area contributed by atoms with Crippen molar-refractivity contribution in [3.63, 3.8) is 0 Å². The quantitative estimate of drug-likeness (QED) is 0.239. The minimum atomic E-state index is 0.0340. The van der Waals surface area contributed by atoms with E-state index in [1.54, 1.807) is 0 Å². The molecule has 3 aromatic heterocycles. The Bertz CT molecular complexity index is 1780. The average Bonchev–Trinajstić information content (AvgIpc) is 3.43. The standard InChI is InChI=1S/C34H33NOS/c1-20(2)16-29-21(3)31-26(12-9-13-28(31)36-29)30-19-23-14-15-35-32(33(23)37-30)24-17-22-10-7-8-11-25(22)27(18-24)34(4,5)6/h7-15,17-20H,16H2,1-6H3. The van der Waals surface area contributed by atoms with Crippen molar-refractivity contribution in [3.05, 3.63) is 89.8 Å². The monoisotopic (exact) mass is 503 g/mol. The predicted molar refractivity (Wildman–Crippen MR) is 160 cm³/mol. The number of hydrogen-bond acceptors (Lipinski definition) is 3. The third-order valence-corrected chi connectivity index (χ3v) is 8.48. The fourth-order valence-electron chi connectivity index (χ4n) is 5.49. The molecule has 6 rings (SSSR count). The molecule has 0 aliphatic heterocycles. The number of fused-ring (bicyclic) bond motifs is 3. The van der Waals surface area contributed by atoms with Crippen LogP contribution in [0.15, 0.2) is 77.3 Å². The summed E-state index contributed by atoms with van der Waals surface area (Å²) < 4.78 is 7.55. The van der Waals surface area contributed by atoms with Crippen LogP contribution < -0.4 is 0 Å². The summed E-state index contributed by atoms with van der Waals surface area (Å²) in [6.07, 6.45) is 2.91. The van der Waals surface area contributed by atoms with Gasteiger partial charge in [-0.3, -0.25) is 4.98 Å². The first-order valence-corrected chi connectivity index (χ1v) is 14.0. The van der Waals surface area contributed by atoms with Gasteiger partial charge in [0.25, 0.3) is 0 Å². The molecule has 0 aliphatic rings. The molecule has 0 bridgehead atoms. The first-order valence-electron chi connectivity index (χ1n) is 13.1. The van der Waals surface area contributed by atoms with E-state index in [-0.39, 0.29) is 5.41 Å². The first kappa shape index (κ1) is 23.9. The lowest BCUT2D eigenvalue weighted by Crippen LogP contribution is -2.12. The van der Waals surface area contributed by atoms with E-state index in [9.17, 15) is 0 Å². The van der Waals surface area contributed by atoms with Crippen LogP contribution in [0, 0.1) is 12.8 Å². The Morgan fingerprint density at radius 1 is 0.919 bits per heavy atom. The van der Waals surface area contributed by atoms with Crippen LogP contribution in [0.1, 0.15) is 51.5 Å². The number of thiophene rings is 1. The van der Waals surface area contributed by atoms with Crippen molar-refractivity contribution in [1.29, 1.82) is 0 Å². The van der Waals surface area contributed by atoms with Crippen LogP contribution in [-0.2, 0) is 11.8 Å². The zero-order valence-electron chi connectivity index (χ0n) is 22.5. The topological polar surface area (TPSA) is 26.0 Å². The summed E-state index contributed by atoms with van der Waals surface area (Å²) in [6, 6.07) is 24.2. The van der Waals surface area contributed by atoms with Gasteiger partial charge >= 0.3 is 0 Å². The first-order chi connectivity index (χ1) is 17.7. The highest BCUT2D eigenvalue weighted by Gasteiger charge is 2.21. The molecule has 2 nitrogen and oxygen atoms in total. The van der Waals surface area contributed by atoms with Crippen molar-refractivity contribution in [3.8, 4) is 21.7 Å². The maximum Gasteiger partial charge on any atom is 0.135 e. The maximum atomic E-state index is 6.32. The number of rotatable bonds is 4. The van der Waals surface area contributed by atoms with Crippen LogP contribution in [-0.4, -0.2) is 4.98 Å². The van der Waals surface area contributed by atoms with Crippen LogP contribution in [0.5, 0.6) is 0 Å². The second-order valence-corrected chi connectivity index (χ2v) is 12.7. The lowest BCUT2D eigenvalue weighted by Gasteiger charge is -2.22. The summed E-state index contributed by atoms with van der Waals surface area (Å²) in [7, 11) is 0. The van der Waals surface area contributed by atoms with Gasteiger partial charge in [-0.1, -0.05) is 71.0 Å². The molecule has 3 heteroatoms. The molecular weight excluding hydrogens is 470 g/mol. The zero-order valence-corrected chi connectivity index (χ0v) is 23.3. The molecule has 0 N–H and O–H groups in total. The Morgan fingerprint density at radius 3 is 2.51 bits per heavy atom. The third kappa shape index (κ3) is 4.16.